The number of carbonyl (C=O) groups is 2. The first kappa shape index (κ1) is 19.6. The summed E-state index contributed by atoms with van der Waals surface area (Å²) in [5, 5.41) is 0.383. The highest BCUT2D eigenvalue weighted by molar-refractivity contribution is 7.89. The lowest BCUT2D eigenvalue weighted by Crippen LogP contribution is -2.41. The first-order valence-corrected chi connectivity index (χ1v) is 9.26. The van der Waals surface area contributed by atoms with Gasteiger partial charge in [0, 0.05) is 22.7 Å². The van der Waals surface area contributed by atoms with Crippen molar-refractivity contribution < 1.29 is 18.0 Å². The van der Waals surface area contributed by atoms with Crippen molar-refractivity contribution in [2.75, 3.05) is 6.54 Å². The molecule has 9 heteroatoms. The minimum Gasteiger partial charge on any atom is -0.267 e. The number of hydrazine groups is 1. The molecule has 0 aliphatic rings. The first-order valence-electron chi connectivity index (χ1n) is 7.40. The van der Waals surface area contributed by atoms with Gasteiger partial charge < -0.3 is 0 Å². The Bertz CT molecular complexity index is 945. The van der Waals surface area contributed by atoms with Crippen LogP contribution in [-0.2, 0) is 10.0 Å². The summed E-state index contributed by atoms with van der Waals surface area (Å²) in [7, 11) is -3.76. The highest BCUT2D eigenvalue weighted by Gasteiger charge is 2.16. The number of carbonyl (C=O) groups excluding carboxylic acids is 2. The van der Waals surface area contributed by atoms with Crippen LogP contribution < -0.4 is 15.6 Å². The lowest BCUT2D eigenvalue weighted by molar-refractivity contribution is 0.0846. The molecule has 7 nitrogen and oxygen atoms in total. The Hall–Kier alpha value is -2.68. The molecular weight excluding hydrogens is 378 g/mol. The summed E-state index contributed by atoms with van der Waals surface area (Å²) in [6, 6.07) is 11.6. The summed E-state index contributed by atoms with van der Waals surface area (Å²) in [4.78, 5) is 24.1. The maximum absolute atomic E-state index is 12.2. The summed E-state index contributed by atoms with van der Waals surface area (Å²) >= 11 is 5.81. The largest absolute Gasteiger partial charge is 0.269 e. The van der Waals surface area contributed by atoms with Gasteiger partial charge >= 0.3 is 0 Å². The highest BCUT2D eigenvalue weighted by Crippen LogP contribution is 2.12. The molecule has 0 saturated heterocycles. The van der Waals surface area contributed by atoms with E-state index in [4.69, 9.17) is 11.6 Å². The summed E-state index contributed by atoms with van der Waals surface area (Å²) in [5.74, 6) is -1.22. The highest BCUT2D eigenvalue weighted by atomic mass is 35.5. The van der Waals surface area contributed by atoms with Gasteiger partial charge in [0.15, 0.2) is 0 Å². The van der Waals surface area contributed by atoms with Gasteiger partial charge in [-0.3, -0.25) is 20.4 Å². The number of benzene rings is 2. The van der Waals surface area contributed by atoms with E-state index in [-0.39, 0.29) is 22.6 Å². The van der Waals surface area contributed by atoms with E-state index in [1.165, 1.54) is 42.5 Å². The van der Waals surface area contributed by atoms with E-state index in [0.717, 1.165) is 0 Å². The average molecular weight is 394 g/mol. The molecule has 0 unspecified atom stereocenters. The number of hydrogen-bond acceptors (Lipinski definition) is 4. The van der Waals surface area contributed by atoms with Crippen LogP contribution in [0.4, 0.5) is 0 Å². The second-order valence-electron chi connectivity index (χ2n) is 5.09. The van der Waals surface area contributed by atoms with Crippen molar-refractivity contribution in [1.29, 1.82) is 0 Å². The Balaban J connectivity index is 2.07. The lowest BCUT2D eigenvalue weighted by Gasteiger charge is -2.09. The van der Waals surface area contributed by atoms with Gasteiger partial charge in [0.25, 0.3) is 11.8 Å². The standard InChI is InChI=1S/C17H16ClN3O4S/c1-2-9-19-26(24,25)15-8-4-6-13(11-15)17(23)21-20-16(22)12-5-3-7-14(18)10-12/h2-8,10-11,19H,1,9H2,(H,20,22)(H,21,23). The maximum Gasteiger partial charge on any atom is 0.269 e. The zero-order valence-corrected chi connectivity index (χ0v) is 15.1. The molecule has 2 aromatic carbocycles. The van der Waals surface area contributed by atoms with Gasteiger partial charge in [-0.1, -0.05) is 29.8 Å². The molecule has 0 fully saturated rings. The number of halogens is 1. The maximum atomic E-state index is 12.2. The van der Waals surface area contributed by atoms with Crippen LogP contribution in [0.25, 0.3) is 0 Å². The Morgan fingerprint density at radius 2 is 1.58 bits per heavy atom. The molecule has 0 bridgehead atoms. The van der Waals surface area contributed by atoms with E-state index in [1.54, 1.807) is 12.1 Å². The minimum atomic E-state index is -3.76. The third-order valence-electron chi connectivity index (χ3n) is 3.20. The monoisotopic (exact) mass is 393 g/mol. The summed E-state index contributed by atoms with van der Waals surface area (Å²) in [6.07, 6.45) is 1.40. The molecule has 26 heavy (non-hydrogen) atoms. The van der Waals surface area contributed by atoms with Crippen molar-refractivity contribution in [2.24, 2.45) is 0 Å². The Labute approximate surface area is 156 Å². The molecule has 136 valence electrons. The third-order valence-corrected chi connectivity index (χ3v) is 4.86. The number of rotatable bonds is 6. The lowest BCUT2D eigenvalue weighted by atomic mass is 10.2. The minimum absolute atomic E-state index is 0.0639. The van der Waals surface area contributed by atoms with Crippen LogP contribution in [0, 0.1) is 0 Å². The molecule has 0 aromatic heterocycles. The zero-order valence-electron chi connectivity index (χ0n) is 13.5. The summed E-state index contributed by atoms with van der Waals surface area (Å²) in [5.41, 5.74) is 4.80. The van der Waals surface area contributed by atoms with Gasteiger partial charge in [-0.25, -0.2) is 13.1 Å². The molecule has 2 aromatic rings. The van der Waals surface area contributed by atoms with Crippen LogP contribution >= 0.6 is 11.6 Å². The van der Waals surface area contributed by atoms with Crippen LogP contribution in [0.3, 0.4) is 0 Å². The molecule has 3 N–H and O–H groups in total. The number of hydrogen-bond donors (Lipinski definition) is 3. The molecule has 0 radical (unpaired) electrons. The molecule has 0 atom stereocenters. The molecule has 2 rings (SSSR count). The van der Waals surface area contributed by atoms with Crippen LogP contribution in [-0.4, -0.2) is 26.8 Å². The quantitative estimate of drug-likeness (QED) is 0.514. The smallest absolute Gasteiger partial charge is 0.267 e. The Kier molecular flexibility index (Phi) is 6.51. The molecule has 0 saturated carbocycles. The van der Waals surface area contributed by atoms with E-state index in [0.29, 0.717) is 5.02 Å². The van der Waals surface area contributed by atoms with Gasteiger partial charge in [0.05, 0.1) is 4.90 Å². The van der Waals surface area contributed by atoms with Gasteiger partial charge in [-0.2, -0.15) is 0 Å². The fourth-order valence-corrected chi connectivity index (χ4v) is 3.18. The molecule has 0 aliphatic carbocycles. The van der Waals surface area contributed by atoms with Gasteiger partial charge in [0.1, 0.15) is 0 Å². The van der Waals surface area contributed by atoms with E-state index < -0.39 is 21.8 Å². The van der Waals surface area contributed by atoms with Crippen LogP contribution in [0.15, 0.2) is 66.1 Å². The molecule has 0 heterocycles. The fraction of sp³-hybridized carbons (Fsp3) is 0.0588. The fourth-order valence-electron chi connectivity index (χ4n) is 1.94. The molecule has 2 amide bonds. The summed E-state index contributed by atoms with van der Waals surface area (Å²) < 4.78 is 26.5. The van der Waals surface area contributed by atoms with E-state index in [9.17, 15) is 18.0 Å². The van der Waals surface area contributed by atoms with Gasteiger partial charge in [-0.05, 0) is 36.4 Å². The van der Waals surface area contributed by atoms with Crippen molar-refractivity contribution in [2.45, 2.75) is 4.90 Å². The van der Waals surface area contributed by atoms with Crippen molar-refractivity contribution in [3.05, 3.63) is 77.3 Å². The Morgan fingerprint density at radius 1 is 1.00 bits per heavy atom. The number of nitrogens with one attached hydrogen (secondary N) is 3. The molecule has 0 spiro atoms. The first-order chi connectivity index (χ1) is 12.3. The summed E-state index contributed by atoms with van der Waals surface area (Å²) in [6.45, 7) is 3.50. The third kappa shape index (κ3) is 5.16. The number of amides is 2. The SMILES string of the molecule is C=CCNS(=O)(=O)c1cccc(C(=O)NNC(=O)c2cccc(Cl)c2)c1. The predicted octanol–water partition coefficient (Wildman–Crippen LogP) is 1.88. The average Bonchev–Trinajstić information content (AvgIpc) is 2.64. The van der Waals surface area contributed by atoms with Crippen molar-refractivity contribution in [3.63, 3.8) is 0 Å². The zero-order chi connectivity index (χ0) is 19.2. The topological polar surface area (TPSA) is 104 Å². The van der Waals surface area contributed by atoms with E-state index in [2.05, 4.69) is 22.2 Å². The van der Waals surface area contributed by atoms with Crippen molar-refractivity contribution in [1.82, 2.24) is 15.6 Å². The normalized spacial score (nSPS) is 10.8. The van der Waals surface area contributed by atoms with Gasteiger partial charge in [0.2, 0.25) is 10.0 Å². The van der Waals surface area contributed by atoms with E-state index >= 15 is 0 Å². The Morgan fingerprint density at radius 3 is 2.15 bits per heavy atom. The van der Waals surface area contributed by atoms with E-state index in [1.807, 2.05) is 0 Å². The van der Waals surface area contributed by atoms with Crippen LogP contribution in [0.2, 0.25) is 5.02 Å². The second-order valence-corrected chi connectivity index (χ2v) is 7.29. The van der Waals surface area contributed by atoms with Crippen LogP contribution in [0.1, 0.15) is 20.7 Å². The second kappa shape index (κ2) is 8.61. The molecule has 0 aliphatic heterocycles. The van der Waals surface area contributed by atoms with Crippen LogP contribution in [0.5, 0.6) is 0 Å². The molecular formula is C17H16ClN3O4S. The van der Waals surface area contributed by atoms with Gasteiger partial charge in [-0.15, -0.1) is 6.58 Å². The predicted molar refractivity (Wildman–Crippen MR) is 98.2 cm³/mol. The van der Waals surface area contributed by atoms with Crippen molar-refractivity contribution >= 4 is 33.4 Å². The van der Waals surface area contributed by atoms with Crippen molar-refractivity contribution in [3.8, 4) is 0 Å². The number of sulfonamides is 1.